The van der Waals surface area contributed by atoms with Crippen molar-refractivity contribution in [1.29, 1.82) is 0 Å². The zero-order chi connectivity index (χ0) is 80.6. The molecule has 4 aliphatic heterocycles. The summed E-state index contributed by atoms with van der Waals surface area (Å²) in [7, 11) is 6.56. The van der Waals surface area contributed by atoms with Crippen molar-refractivity contribution in [2.24, 2.45) is 17.8 Å². The molecule has 612 valence electrons. The molecule has 0 spiro atoms. The van der Waals surface area contributed by atoms with Gasteiger partial charge in [-0.15, -0.1) is 0 Å². The Morgan fingerprint density at radius 2 is 0.652 bits per heavy atom. The predicted octanol–water partition coefficient (Wildman–Crippen LogP) is 15.7. The lowest BCUT2D eigenvalue weighted by Crippen LogP contribution is -2.24. The van der Waals surface area contributed by atoms with Gasteiger partial charge < -0.3 is 93.8 Å². The van der Waals surface area contributed by atoms with Crippen LogP contribution in [0.5, 0.6) is 46.0 Å². The van der Waals surface area contributed by atoms with E-state index in [0.717, 1.165) is 112 Å². The number of ether oxygens (including phenoxy) is 11. The molecule has 0 radical (unpaired) electrons. The standard InChI is InChI=1S/C25H34N2O5.C25H30N2O3.C21H26N2O4.C21H24N2O3/c1-4-30-12-11-26-21-7-6-8-22(17-21)27-18-20(16-25(27)28)19-9-10-23(29-3)24(15-19)32-14-13-31-5-2;1-29-23-10-9-19(11-24(23)30-16-18-7-8-18)20-12-25(28)27(15-20)22-4-2-3-21(13-22)26-14-17-5-6-17;1-3-26-9-10-27-20-11-15(7-8-19(20)25-2)16-12-21(24)23(14-16)18-6-4-5-17(22)13-18;1-25-19-8-7-15(9-20(19)26-13-14-5-6-14)16-10-21(24)23(12-16)18-4-2-3-17(22)11-18/h6-10,15,17,20,26H,4-5,11-14,16,18H2,1-3H3;2-4,9-11,13,17-18,20,26H,5-8,12,14-16H2,1H3;4-8,11,13,16H,3,9-10,12,14,22H2,1-2H3;2-4,7-9,11,14,16H,5-6,10,12-13,22H2,1H3/t2*20-;2*16-/m0000/s1. The smallest absolute Gasteiger partial charge is 0.227 e. The number of anilines is 8. The van der Waals surface area contributed by atoms with Crippen LogP contribution in [0.25, 0.3) is 0 Å². The highest BCUT2D eigenvalue weighted by molar-refractivity contribution is 5.99. The second-order valence-corrected chi connectivity index (χ2v) is 30.1. The average molecular weight is 1570 g/mol. The van der Waals surface area contributed by atoms with Gasteiger partial charge in [0.15, 0.2) is 46.0 Å². The molecule has 115 heavy (non-hydrogen) atoms. The lowest BCUT2D eigenvalue weighted by atomic mass is 9.98. The van der Waals surface area contributed by atoms with E-state index < -0.39 is 0 Å². The molecule has 4 atom stereocenters. The SMILES string of the molecule is CCOCCNc1cccc(N2C[C@@H](c3ccc(OC)c(OCCOCC)c3)CC2=O)c1.CCOCCOc1cc([C@H]2CC(=O)N(c3cccc(N)c3)C2)ccc1OC.COc1ccc([C@H]2CC(=O)N(c3cccc(N)c3)C2)cc1OCC1CC1.COc1ccc([C@H]2CC(=O)N(c3cccc(NCC4CC4)c3)C2)cc1OCC1CC1. The number of rotatable bonds is 36. The molecular formula is C92H114N8O15. The van der Waals surface area contributed by atoms with E-state index in [1.54, 1.807) is 33.3 Å². The van der Waals surface area contributed by atoms with Gasteiger partial charge >= 0.3 is 0 Å². The summed E-state index contributed by atoms with van der Waals surface area (Å²) in [4.78, 5) is 58.1. The van der Waals surface area contributed by atoms with Gasteiger partial charge in [-0.1, -0.05) is 48.5 Å². The quantitative estimate of drug-likeness (QED) is 0.0210. The Morgan fingerprint density at radius 3 is 0.974 bits per heavy atom. The fraction of sp³-hybridized carbons (Fsp3) is 0.435. The predicted molar refractivity (Wildman–Crippen MR) is 452 cm³/mol. The molecule has 15 rings (SSSR count). The number of hydrogen-bond donors (Lipinski definition) is 4. The van der Waals surface area contributed by atoms with Gasteiger partial charge in [0.2, 0.25) is 23.6 Å². The third-order valence-electron chi connectivity index (χ3n) is 21.6. The summed E-state index contributed by atoms with van der Waals surface area (Å²) < 4.78 is 61.4. The largest absolute Gasteiger partial charge is 0.493 e. The number of nitrogens with one attached hydrogen (secondary N) is 2. The maximum atomic E-state index is 12.8. The number of benzene rings is 8. The van der Waals surface area contributed by atoms with E-state index in [2.05, 4.69) is 34.9 Å². The highest BCUT2D eigenvalue weighted by Gasteiger charge is 2.37. The Hall–Kier alpha value is -10.9. The van der Waals surface area contributed by atoms with Crippen molar-refractivity contribution < 1.29 is 71.3 Å². The van der Waals surface area contributed by atoms with Gasteiger partial charge in [-0.3, -0.25) is 19.2 Å². The molecule has 0 unspecified atom stereocenters. The Bertz CT molecular complexity index is 4530. The number of nitrogens with two attached hydrogens (primary N) is 2. The summed E-state index contributed by atoms with van der Waals surface area (Å²) in [6.07, 6.45) is 9.58. The Kier molecular flexibility index (Phi) is 30.1. The van der Waals surface area contributed by atoms with Crippen LogP contribution < -0.4 is 79.6 Å². The number of hydrogen-bond acceptors (Lipinski definition) is 19. The van der Waals surface area contributed by atoms with Crippen LogP contribution in [0.4, 0.5) is 45.5 Å². The van der Waals surface area contributed by atoms with Gasteiger partial charge in [0.1, 0.15) is 13.2 Å². The number of amides is 4. The van der Waals surface area contributed by atoms with Crippen LogP contribution in [0.3, 0.4) is 0 Å². The highest BCUT2D eigenvalue weighted by atomic mass is 16.5. The number of carbonyl (C=O) groups excluding carboxylic acids is 4. The summed E-state index contributed by atoms with van der Waals surface area (Å²) >= 11 is 0. The molecule has 7 aliphatic rings. The first-order valence-corrected chi connectivity index (χ1v) is 40.7. The van der Waals surface area contributed by atoms with Gasteiger partial charge in [-0.25, -0.2) is 0 Å². The van der Waals surface area contributed by atoms with Crippen LogP contribution in [-0.4, -0.2) is 157 Å². The van der Waals surface area contributed by atoms with Gasteiger partial charge in [-0.05, 0) is 221 Å². The first-order valence-electron chi connectivity index (χ1n) is 40.7. The molecule has 4 amide bonds. The van der Waals surface area contributed by atoms with Crippen molar-refractivity contribution >= 4 is 69.1 Å². The van der Waals surface area contributed by atoms with E-state index in [9.17, 15) is 19.2 Å². The zero-order valence-corrected chi connectivity index (χ0v) is 67.7. The number of methoxy groups -OCH3 is 4. The van der Waals surface area contributed by atoms with E-state index in [4.69, 9.17) is 63.6 Å². The van der Waals surface area contributed by atoms with E-state index >= 15 is 0 Å². The van der Waals surface area contributed by atoms with Crippen molar-refractivity contribution in [2.45, 2.75) is 109 Å². The molecule has 0 aromatic heterocycles. The number of nitrogen functional groups attached to an aromatic ring is 2. The fourth-order valence-corrected chi connectivity index (χ4v) is 14.6. The molecule has 8 aromatic rings. The third-order valence-corrected chi connectivity index (χ3v) is 21.6. The zero-order valence-electron chi connectivity index (χ0n) is 67.7. The van der Waals surface area contributed by atoms with Crippen molar-refractivity contribution in [3.05, 3.63) is 192 Å². The molecule has 7 fully saturated rings. The van der Waals surface area contributed by atoms with Gasteiger partial charge in [-0.2, -0.15) is 0 Å². The van der Waals surface area contributed by atoms with Gasteiger partial charge in [0.05, 0.1) is 61.5 Å². The number of nitrogens with zero attached hydrogens (tertiary/aromatic N) is 4. The van der Waals surface area contributed by atoms with Crippen molar-refractivity contribution in [1.82, 2.24) is 0 Å². The molecule has 23 heteroatoms. The summed E-state index contributed by atoms with van der Waals surface area (Å²) in [5, 5.41) is 6.85. The normalized spacial score (nSPS) is 18.2. The molecule has 4 heterocycles. The number of carbonyl (C=O) groups is 4. The minimum Gasteiger partial charge on any atom is -0.493 e. The van der Waals surface area contributed by atoms with Crippen molar-refractivity contribution in [3.8, 4) is 46.0 Å². The Morgan fingerprint density at radius 1 is 0.339 bits per heavy atom. The maximum Gasteiger partial charge on any atom is 0.227 e. The minimum atomic E-state index is 0.0946. The second-order valence-electron chi connectivity index (χ2n) is 30.1. The van der Waals surface area contributed by atoms with E-state index in [0.29, 0.717) is 151 Å². The van der Waals surface area contributed by atoms with Crippen LogP contribution in [0.15, 0.2) is 170 Å². The van der Waals surface area contributed by atoms with Gasteiger partial charge in [0, 0.05) is 154 Å². The van der Waals surface area contributed by atoms with Gasteiger partial charge in [0.25, 0.3) is 0 Å². The molecule has 23 nitrogen and oxygen atoms in total. The fourth-order valence-electron chi connectivity index (χ4n) is 14.6. The molecule has 0 bridgehead atoms. The first kappa shape index (κ1) is 83.5. The molecule has 3 saturated carbocycles. The topological polar surface area (TPSA) is 259 Å². The van der Waals surface area contributed by atoms with E-state index in [1.165, 1.54) is 38.5 Å². The van der Waals surface area contributed by atoms with E-state index in [-0.39, 0.29) is 47.3 Å². The Balaban J connectivity index is 0.000000142. The molecule has 3 aliphatic carbocycles. The summed E-state index contributed by atoms with van der Waals surface area (Å²) in [5.41, 5.74) is 23.1. The molecule has 8 aromatic carbocycles. The van der Waals surface area contributed by atoms with Crippen LogP contribution in [-0.2, 0) is 33.4 Å². The lowest BCUT2D eigenvalue weighted by Gasteiger charge is -2.19. The van der Waals surface area contributed by atoms with Crippen LogP contribution in [0, 0.1) is 17.8 Å². The minimum absolute atomic E-state index is 0.0946. The van der Waals surface area contributed by atoms with Crippen LogP contribution >= 0.6 is 0 Å². The summed E-state index contributed by atoms with van der Waals surface area (Å²) in [6.45, 7) is 16.3. The monoisotopic (exact) mass is 1570 g/mol. The average Bonchev–Trinajstić information content (AvgIpc) is 1.68. The van der Waals surface area contributed by atoms with Crippen LogP contribution in [0.1, 0.15) is 131 Å². The highest BCUT2D eigenvalue weighted by Crippen LogP contribution is 2.44. The summed E-state index contributed by atoms with van der Waals surface area (Å²) in [5.74, 6) is 8.95. The lowest BCUT2D eigenvalue weighted by molar-refractivity contribution is -0.118. The molecular weight excluding hydrogens is 1460 g/mol. The molecule has 6 N–H and O–H groups in total. The maximum absolute atomic E-state index is 12.8. The van der Waals surface area contributed by atoms with Crippen LogP contribution in [0.2, 0.25) is 0 Å². The second kappa shape index (κ2) is 41.4. The van der Waals surface area contributed by atoms with Crippen molar-refractivity contribution in [3.63, 3.8) is 0 Å². The first-order chi connectivity index (χ1) is 56.1. The summed E-state index contributed by atoms with van der Waals surface area (Å²) in [6, 6.07) is 54.9. The third kappa shape index (κ3) is 23.7. The Labute approximate surface area is 677 Å². The van der Waals surface area contributed by atoms with E-state index in [1.807, 2.05) is 181 Å². The van der Waals surface area contributed by atoms with Crippen molar-refractivity contribution in [2.75, 3.05) is 175 Å². The molecule has 4 saturated heterocycles.